The van der Waals surface area contributed by atoms with E-state index >= 15 is 0 Å². The van der Waals surface area contributed by atoms with Crippen molar-refractivity contribution in [3.63, 3.8) is 0 Å². The number of nitrogen functional groups attached to an aromatic ring is 1. The van der Waals surface area contributed by atoms with E-state index in [0.717, 1.165) is 24.3 Å². The summed E-state index contributed by atoms with van der Waals surface area (Å²) in [6.07, 6.45) is 4.80. The second kappa shape index (κ2) is 4.72. The smallest absolute Gasteiger partial charge is 0.190 e. The highest BCUT2D eigenvalue weighted by atomic mass is 16.3. The molecule has 3 heteroatoms. The normalized spacial score (nSPS) is 23.6. The Morgan fingerprint density at radius 2 is 1.89 bits per heavy atom. The van der Waals surface area contributed by atoms with Crippen LogP contribution in [0, 0.1) is 5.92 Å². The molecule has 0 saturated heterocycles. The van der Waals surface area contributed by atoms with Crippen molar-refractivity contribution in [1.29, 1.82) is 0 Å². The minimum atomic E-state index is 0.0369. The fraction of sp³-hybridized carbons (Fsp3) is 0.438. The molecule has 1 aliphatic heterocycles. The lowest BCUT2D eigenvalue weighted by atomic mass is 9.79. The van der Waals surface area contributed by atoms with Crippen molar-refractivity contribution in [3.8, 4) is 11.3 Å². The van der Waals surface area contributed by atoms with Crippen LogP contribution in [0.15, 0.2) is 33.5 Å². The van der Waals surface area contributed by atoms with E-state index in [4.69, 9.17) is 10.2 Å². The predicted molar refractivity (Wildman–Crippen MR) is 76.4 cm³/mol. The van der Waals surface area contributed by atoms with Gasteiger partial charge in [0, 0.05) is 0 Å². The average Bonchev–Trinajstić information content (AvgIpc) is 2.38. The molecule has 0 radical (unpaired) electrons. The van der Waals surface area contributed by atoms with Crippen LogP contribution in [-0.2, 0) is 0 Å². The average molecular weight is 257 g/mol. The van der Waals surface area contributed by atoms with Gasteiger partial charge in [-0.05, 0) is 54.5 Å². The van der Waals surface area contributed by atoms with Crippen molar-refractivity contribution in [3.05, 3.63) is 40.1 Å². The van der Waals surface area contributed by atoms with Gasteiger partial charge in [0.05, 0.1) is 5.56 Å². The van der Waals surface area contributed by atoms with Gasteiger partial charge in [-0.15, -0.1) is 0 Å². The molecule has 100 valence electrons. The van der Waals surface area contributed by atoms with Crippen LogP contribution >= 0.6 is 0 Å². The Balaban J connectivity index is 2.01. The summed E-state index contributed by atoms with van der Waals surface area (Å²) in [5.41, 5.74) is 7.41. The maximum atomic E-state index is 12.1. The van der Waals surface area contributed by atoms with Crippen molar-refractivity contribution >= 4 is 5.88 Å². The Bertz CT molecular complexity index is 609. The van der Waals surface area contributed by atoms with Crippen molar-refractivity contribution in [2.24, 2.45) is 5.92 Å². The highest BCUT2D eigenvalue weighted by molar-refractivity contribution is 5.61. The lowest BCUT2D eigenvalue weighted by Gasteiger charge is -2.26. The quantitative estimate of drug-likeness (QED) is 0.848. The maximum absolute atomic E-state index is 12.1. The Hall–Kier alpha value is -1.77. The van der Waals surface area contributed by atoms with Crippen LogP contribution in [0.25, 0.3) is 11.3 Å². The molecule has 1 fully saturated rings. The lowest BCUT2D eigenvalue weighted by molar-refractivity contribution is 0.347. The van der Waals surface area contributed by atoms with Crippen molar-refractivity contribution in [1.82, 2.24) is 0 Å². The molecule has 0 spiro atoms. The summed E-state index contributed by atoms with van der Waals surface area (Å²) in [6, 6.07) is 7.14. The number of hydrogen-bond donors (Lipinski definition) is 1. The minimum absolute atomic E-state index is 0.0369. The minimum Gasteiger partial charge on any atom is -0.441 e. The van der Waals surface area contributed by atoms with E-state index in [-0.39, 0.29) is 5.43 Å². The molecule has 0 amide bonds. The van der Waals surface area contributed by atoms with Gasteiger partial charge >= 0.3 is 0 Å². The fourth-order valence-corrected chi connectivity index (χ4v) is 3.03. The molecule has 0 bridgehead atoms. The topological polar surface area (TPSA) is 56.2 Å². The van der Waals surface area contributed by atoms with E-state index in [2.05, 4.69) is 6.92 Å². The van der Waals surface area contributed by atoms with Crippen LogP contribution < -0.4 is 11.2 Å². The van der Waals surface area contributed by atoms with Crippen LogP contribution in [-0.4, -0.2) is 0 Å². The van der Waals surface area contributed by atoms with Gasteiger partial charge < -0.3 is 10.2 Å². The maximum Gasteiger partial charge on any atom is 0.190 e. The van der Waals surface area contributed by atoms with E-state index < -0.39 is 0 Å². The van der Waals surface area contributed by atoms with Gasteiger partial charge in [0.1, 0.15) is 5.76 Å². The van der Waals surface area contributed by atoms with Gasteiger partial charge in [0.15, 0.2) is 11.3 Å². The second-order valence-corrected chi connectivity index (χ2v) is 5.73. The first kappa shape index (κ1) is 12.3. The summed E-state index contributed by atoms with van der Waals surface area (Å²) in [5.74, 6) is 2.26. The highest BCUT2D eigenvalue weighted by Crippen LogP contribution is 2.36. The van der Waals surface area contributed by atoms with Crippen molar-refractivity contribution < 1.29 is 4.42 Å². The number of nitrogens with two attached hydrogens (primary N) is 1. The zero-order valence-electron chi connectivity index (χ0n) is 11.2. The van der Waals surface area contributed by atoms with Crippen LogP contribution in [0.5, 0.6) is 0 Å². The molecule has 2 aliphatic carbocycles. The largest absolute Gasteiger partial charge is 0.441 e. The van der Waals surface area contributed by atoms with Gasteiger partial charge in [-0.2, -0.15) is 0 Å². The first-order valence-corrected chi connectivity index (χ1v) is 6.97. The molecular weight excluding hydrogens is 238 g/mol. The molecule has 3 rings (SSSR count). The van der Waals surface area contributed by atoms with Crippen LogP contribution in [0.3, 0.4) is 0 Å². The molecule has 0 atom stereocenters. The van der Waals surface area contributed by atoms with Gasteiger partial charge in [-0.1, -0.05) is 19.8 Å². The standard InChI is InChI=1S/C16H19NO2/c1-10-2-4-11(5-3-10)12-8-14(18)13-6-7-16(17)19-15(13)9-12/h6-11H,2-5,17H2,1H3. The first-order chi connectivity index (χ1) is 9.13. The number of fused-ring (bicyclic) bond motifs is 1. The summed E-state index contributed by atoms with van der Waals surface area (Å²) in [6.45, 7) is 2.30. The summed E-state index contributed by atoms with van der Waals surface area (Å²) in [5, 5.41) is 0. The van der Waals surface area contributed by atoms with E-state index in [1.807, 2.05) is 6.07 Å². The van der Waals surface area contributed by atoms with E-state index in [1.165, 1.54) is 12.8 Å². The molecule has 0 aromatic rings. The Kier molecular flexibility index (Phi) is 3.05. The summed E-state index contributed by atoms with van der Waals surface area (Å²) < 4.78 is 5.47. The van der Waals surface area contributed by atoms with E-state index in [1.54, 1.807) is 18.2 Å². The summed E-state index contributed by atoms with van der Waals surface area (Å²) in [7, 11) is 0. The molecule has 0 unspecified atom stereocenters. The molecular formula is C16H19NO2. The summed E-state index contributed by atoms with van der Waals surface area (Å²) in [4.78, 5) is 12.1. The van der Waals surface area contributed by atoms with Crippen LogP contribution in [0.2, 0.25) is 0 Å². The van der Waals surface area contributed by atoms with Crippen molar-refractivity contribution in [2.45, 2.75) is 38.5 Å². The Morgan fingerprint density at radius 3 is 2.63 bits per heavy atom. The van der Waals surface area contributed by atoms with E-state index in [0.29, 0.717) is 23.1 Å². The first-order valence-electron chi connectivity index (χ1n) is 6.97. The predicted octanol–water partition coefficient (Wildman–Crippen LogP) is 3.62. The second-order valence-electron chi connectivity index (χ2n) is 5.73. The third kappa shape index (κ3) is 2.37. The van der Waals surface area contributed by atoms with Gasteiger partial charge in [-0.25, -0.2) is 0 Å². The Labute approximate surface area is 112 Å². The van der Waals surface area contributed by atoms with E-state index in [9.17, 15) is 4.79 Å². The number of hydrogen-bond acceptors (Lipinski definition) is 3. The highest BCUT2D eigenvalue weighted by Gasteiger charge is 2.22. The van der Waals surface area contributed by atoms with Crippen LogP contribution in [0.4, 0.5) is 5.88 Å². The fourth-order valence-electron chi connectivity index (χ4n) is 3.03. The number of anilines is 1. The Morgan fingerprint density at radius 1 is 1.16 bits per heavy atom. The monoisotopic (exact) mass is 257 g/mol. The molecule has 0 aromatic heterocycles. The zero-order chi connectivity index (χ0) is 13.4. The molecule has 3 nitrogen and oxygen atoms in total. The summed E-state index contributed by atoms with van der Waals surface area (Å²) >= 11 is 0. The zero-order valence-corrected chi connectivity index (χ0v) is 11.2. The van der Waals surface area contributed by atoms with Gasteiger partial charge in [-0.3, -0.25) is 4.79 Å². The van der Waals surface area contributed by atoms with Gasteiger partial charge in [0.2, 0.25) is 0 Å². The SMILES string of the molecule is CC1CCC(c2cc3oc(N)ccc-3c(=O)c2)CC1. The third-order valence-corrected chi connectivity index (χ3v) is 4.26. The molecule has 1 heterocycles. The molecule has 19 heavy (non-hydrogen) atoms. The number of benzene rings is 1. The van der Waals surface area contributed by atoms with Crippen molar-refractivity contribution in [2.75, 3.05) is 5.73 Å². The third-order valence-electron chi connectivity index (χ3n) is 4.26. The molecule has 0 aromatic carbocycles. The number of rotatable bonds is 1. The van der Waals surface area contributed by atoms with Gasteiger partial charge in [0.25, 0.3) is 0 Å². The molecule has 3 aliphatic rings. The molecule has 1 saturated carbocycles. The molecule has 2 N–H and O–H groups in total. The lowest BCUT2D eigenvalue weighted by Crippen LogP contribution is -2.14. The van der Waals surface area contributed by atoms with Crippen LogP contribution in [0.1, 0.15) is 44.1 Å².